The molecule has 68 valence electrons. The molecule has 0 saturated carbocycles. The van der Waals surface area contributed by atoms with Crippen LogP contribution in [-0.2, 0) is 6.54 Å². The Kier molecular flexibility index (Phi) is 1.77. The zero-order chi connectivity index (χ0) is 9.42. The molecular formula is C9H12N4. The molecule has 0 saturated heterocycles. The van der Waals surface area contributed by atoms with E-state index in [1.807, 2.05) is 20.0 Å². The van der Waals surface area contributed by atoms with Crippen molar-refractivity contribution in [3.8, 4) is 0 Å². The Morgan fingerprint density at radius 2 is 2.23 bits per heavy atom. The van der Waals surface area contributed by atoms with Crippen LogP contribution in [0.4, 0.5) is 0 Å². The number of hydrogen-bond acceptors (Lipinski definition) is 3. The molecule has 0 radical (unpaired) electrons. The summed E-state index contributed by atoms with van der Waals surface area (Å²) in [6.45, 7) is 4.42. The van der Waals surface area contributed by atoms with Gasteiger partial charge in [0.05, 0.1) is 0 Å². The lowest BCUT2D eigenvalue weighted by atomic mass is 10.2. The Labute approximate surface area is 76.2 Å². The van der Waals surface area contributed by atoms with Gasteiger partial charge in [0.1, 0.15) is 11.5 Å². The zero-order valence-electron chi connectivity index (χ0n) is 7.76. The van der Waals surface area contributed by atoms with Crippen LogP contribution in [0.3, 0.4) is 0 Å². The molecule has 2 heterocycles. The number of hydrogen-bond donors (Lipinski definition) is 2. The van der Waals surface area contributed by atoms with E-state index in [0.29, 0.717) is 6.54 Å². The molecule has 0 aliphatic heterocycles. The highest BCUT2D eigenvalue weighted by Gasteiger charge is 2.06. The van der Waals surface area contributed by atoms with Crippen molar-refractivity contribution in [2.75, 3.05) is 0 Å². The molecule has 2 aromatic heterocycles. The van der Waals surface area contributed by atoms with E-state index in [0.717, 1.165) is 28.1 Å². The van der Waals surface area contributed by atoms with E-state index in [2.05, 4.69) is 15.0 Å². The molecule has 0 aromatic carbocycles. The first kappa shape index (κ1) is 8.19. The molecule has 0 fully saturated rings. The van der Waals surface area contributed by atoms with Crippen molar-refractivity contribution in [1.82, 2.24) is 15.0 Å². The number of rotatable bonds is 1. The quantitative estimate of drug-likeness (QED) is 0.682. The fourth-order valence-corrected chi connectivity index (χ4v) is 1.44. The molecule has 0 atom stereocenters. The molecule has 2 aromatic rings. The molecule has 3 N–H and O–H groups in total. The summed E-state index contributed by atoms with van der Waals surface area (Å²) in [4.78, 5) is 11.6. The first-order chi connectivity index (χ1) is 6.22. The molecule has 0 bridgehead atoms. The van der Waals surface area contributed by atoms with Gasteiger partial charge in [-0.2, -0.15) is 0 Å². The minimum Gasteiger partial charge on any atom is -0.342 e. The van der Waals surface area contributed by atoms with Gasteiger partial charge in [-0.1, -0.05) is 0 Å². The number of H-pyrrole nitrogens is 1. The summed E-state index contributed by atoms with van der Waals surface area (Å²) in [5.74, 6) is 0.775. The summed E-state index contributed by atoms with van der Waals surface area (Å²) in [6, 6.07) is 0. The molecule has 0 unspecified atom stereocenters. The van der Waals surface area contributed by atoms with Crippen LogP contribution in [-0.4, -0.2) is 15.0 Å². The lowest BCUT2D eigenvalue weighted by Crippen LogP contribution is -1.97. The largest absolute Gasteiger partial charge is 0.342 e. The average Bonchev–Trinajstić information content (AvgIpc) is 2.42. The normalized spacial score (nSPS) is 11.0. The number of nitrogens with zero attached hydrogens (tertiary/aromatic N) is 2. The Morgan fingerprint density at radius 1 is 1.46 bits per heavy atom. The van der Waals surface area contributed by atoms with E-state index in [9.17, 15) is 0 Å². The minimum absolute atomic E-state index is 0.515. The summed E-state index contributed by atoms with van der Waals surface area (Å²) in [5, 5.41) is 1.06. The highest BCUT2D eigenvalue weighted by Crippen LogP contribution is 2.18. The van der Waals surface area contributed by atoms with Crippen LogP contribution in [0.5, 0.6) is 0 Å². The molecule has 0 aliphatic rings. The van der Waals surface area contributed by atoms with Crippen molar-refractivity contribution in [2.45, 2.75) is 20.4 Å². The highest BCUT2D eigenvalue weighted by molar-refractivity contribution is 5.80. The van der Waals surface area contributed by atoms with Gasteiger partial charge in [0.25, 0.3) is 0 Å². The van der Waals surface area contributed by atoms with Gasteiger partial charge in [0, 0.05) is 23.8 Å². The van der Waals surface area contributed by atoms with Crippen LogP contribution in [0.2, 0.25) is 0 Å². The highest BCUT2D eigenvalue weighted by atomic mass is 14.9. The average molecular weight is 176 g/mol. The molecule has 0 aliphatic carbocycles. The first-order valence-electron chi connectivity index (χ1n) is 4.23. The van der Waals surface area contributed by atoms with E-state index >= 15 is 0 Å². The van der Waals surface area contributed by atoms with Gasteiger partial charge < -0.3 is 10.7 Å². The molecular weight excluding hydrogens is 164 g/mol. The Balaban J connectivity index is 2.76. The maximum absolute atomic E-state index is 5.57. The lowest BCUT2D eigenvalue weighted by Gasteiger charge is -1.91. The summed E-state index contributed by atoms with van der Waals surface area (Å²) in [5.41, 5.74) is 8.64. The van der Waals surface area contributed by atoms with E-state index in [1.54, 1.807) is 0 Å². The van der Waals surface area contributed by atoms with E-state index in [1.165, 1.54) is 0 Å². The van der Waals surface area contributed by atoms with Gasteiger partial charge in [0.2, 0.25) is 0 Å². The van der Waals surface area contributed by atoms with Crippen molar-refractivity contribution in [1.29, 1.82) is 0 Å². The van der Waals surface area contributed by atoms with Gasteiger partial charge in [-0.05, 0) is 19.4 Å². The van der Waals surface area contributed by atoms with E-state index in [-0.39, 0.29) is 0 Å². The number of aromatic amines is 1. The monoisotopic (exact) mass is 176 g/mol. The predicted molar refractivity (Wildman–Crippen MR) is 51.3 cm³/mol. The topological polar surface area (TPSA) is 67.6 Å². The Morgan fingerprint density at radius 3 is 2.92 bits per heavy atom. The van der Waals surface area contributed by atoms with E-state index in [4.69, 9.17) is 5.73 Å². The molecule has 0 amide bonds. The number of aromatic nitrogens is 3. The van der Waals surface area contributed by atoms with Crippen molar-refractivity contribution in [3.63, 3.8) is 0 Å². The summed E-state index contributed by atoms with van der Waals surface area (Å²) in [6.07, 6.45) is 1.84. The number of fused-ring (bicyclic) bond motifs is 1. The fraction of sp³-hybridized carbons (Fsp3) is 0.333. The number of nitrogens with two attached hydrogens (primary N) is 1. The maximum atomic E-state index is 5.57. The smallest absolute Gasteiger partial charge is 0.141 e. The van der Waals surface area contributed by atoms with Gasteiger partial charge in [-0.3, -0.25) is 0 Å². The second kappa shape index (κ2) is 2.81. The van der Waals surface area contributed by atoms with Gasteiger partial charge >= 0.3 is 0 Å². The molecule has 13 heavy (non-hydrogen) atoms. The van der Waals surface area contributed by atoms with Gasteiger partial charge in [-0.15, -0.1) is 0 Å². The second-order valence-corrected chi connectivity index (χ2v) is 3.11. The third-order valence-corrected chi connectivity index (χ3v) is 2.24. The van der Waals surface area contributed by atoms with E-state index < -0.39 is 0 Å². The standard InChI is InChI=1S/C9H12N4/c1-5-7-4-11-6(2)12-9(7)13-8(5)3-10/h4H,3,10H2,1-2H3,(H,11,12,13). The third kappa shape index (κ3) is 1.19. The predicted octanol–water partition coefficient (Wildman–Crippen LogP) is 1.03. The minimum atomic E-state index is 0.515. The van der Waals surface area contributed by atoms with Crippen molar-refractivity contribution in [3.05, 3.63) is 23.3 Å². The van der Waals surface area contributed by atoms with Crippen LogP contribution < -0.4 is 5.73 Å². The van der Waals surface area contributed by atoms with Crippen LogP contribution in [0.1, 0.15) is 17.1 Å². The van der Waals surface area contributed by atoms with Crippen LogP contribution in [0.25, 0.3) is 11.0 Å². The van der Waals surface area contributed by atoms with Crippen molar-refractivity contribution >= 4 is 11.0 Å². The van der Waals surface area contributed by atoms with Crippen molar-refractivity contribution < 1.29 is 0 Å². The summed E-state index contributed by atoms with van der Waals surface area (Å²) >= 11 is 0. The molecule has 0 spiro atoms. The number of aryl methyl sites for hydroxylation is 2. The Hall–Kier alpha value is -1.42. The van der Waals surface area contributed by atoms with Crippen molar-refractivity contribution in [2.24, 2.45) is 5.73 Å². The maximum Gasteiger partial charge on any atom is 0.141 e. The molecule has 4 heteroatoms. The van der Waals surface area contributed by atoms with Crippen LogP contribution >= 0.6 is 0 Å². The molecule has 2 rings (SSSR count). The van der Waals surface area contributed by atoms with Gasteiger partial charge in [-0.25, -0.2) is 9.97 Å². The Bertz CT molecular complexity index is 444. The number of nitrogens with one attached hydrogen (secondary N) is 1. The fourth-order valence-electron chi connectivity index (χ4n) is 1.44. The second-order valence-electron chi connectivity index (χ2n) is 3.11. The molecule has 4 nitrogen and oxygen atoms in total. The lowest BCUT2D eigenvalue weighted by molar-refractivity contribution is 0.995. The van der Waals surface area contributed by atoms with Crippen LogP contribution in [0, 0.1) is 13.8 Å². The first-order valence-corrected chi connectivity index (χ1v) is 4.23. The summed E-state index contributed by atoms with van der Waals surface area (Å²) in [7, 11) is 0. The summed E-state index contributed by atoms with van der Waals surface area (Å²) < 4.78 is 0. The third-order valence-electron chi connectivity index (χ3n) is 2.24. The van der Waals surface area contributed by atoms with Gasteiger partial charge in [0.15, 0.2) is 0 Å². The SMILES string of the molecule is Cc1ncc2c(C)c(CN)[nH]c2n1. The zero-order valence-corrected chi connectivity index (χ0v) is 7.76. The van der Waals surface area contributed by atoms with Crippen LogP contribution in [0.15, 0.2) is 6.20 Å².